The molecule has 2 N–H and O–H groups in total. The zero-order valence-corrected chi connectivity index (χ0v) is 18.6. The van der Waals surface area contributed by atoms with Crippen LogP contribution in [0.1, 0.15) is 24.0 Å². The summed E-state index contributed by atoms with van der Waals surface area (Å²) in [5, 5.41) is 0. The number of likely N-dealkylation sites (tertiary alicyclic amines) is 1. The van der Waals surface area contributed by atoms with Crippen molar-refractivity contribution in [2.24, 2.45) is 0 Å². The molecule has 0 unspecified atom stereocenters. The first-order chi connectivity index (χ1) is 14.6. The standard InChI is InChI=1S/C20H26N6O4S/c1-12-10-15-16(11-13(12)2)22-18-17(21-15)19(27)26(20(28)23-18)9-8-25-6-4-14(5-7-25)24-31(3,29)30/h10-11,14,24H,4-9H2,1-3H3,(H,22,23,28). The third-order valence-electron chi connectivity index (χ3n) is 5.81. The number of benzene rings is 1. The van der Waals surface area contributed by atoms with Crippen molar-refractivity contribution >= 4 is 32.2 Å². The van der Waals surface area contributed by atoms with Crippen molar-refractivity contribution in [3.05, 3.63) is 44.1 Å². The van der Waals surface area contributed by atoms with Crippen LogP contribution in [0.4, 0.5) is 0 Å². The minimum absolute atomic E-state index is 0.0753. The fraction of sp³-hybridized carbons (Fsp3) is 0.500. The van der Waals surface area contributed by atoms with Gasteiger partial charge in [-0.1, -0.05) is 0 Å². The summed E-state index contributed by atoms with van der Waals surface area (Å²) < 4.78 is 26.5. The van der Waals surface area contributed by atoms with Gasteiger partial charge in [0.2, 0.25) is 10.0 Å². The molecule has 0 aliphatic carbocycles. The second kappa shape index (κ2) is 8.13. The summed E-state index contributed by atoms with van der Waals surface area (Å²) in [5.41, 5.74) is 2.73. The van der Waals surface area contributed by atoms with Gasteiger partial charge in [0, 0.05) is 19.1 Å². The van der Waals surface area contributed by atoms with Crippen LogP contribution >= 0.6 is 0 Å². The Morgan fingerprint density at radius 2 is 1.68 bits per heavy atom. The molecule has 4 rings (SSSR count). The highest BCUT2D eigenvalue weighted by atomic mass is 32.2. The Morgan fingerprint density at radius 3 is 2.29 bits per heavy atom. The molecular weight excluding hydrogens is 420 g/mol. The number of aromatic nitrogens is 4. The zero-order chi connectivity index (χ0) is 22.3. The summed E-state index contributed by atoms with van der Waals surface area (Å²) in [6.07, 6.45) is 2.53. The number of nitrogens with zero attached hydrogens (tertiary/aromatic N) is 4. The molecule has 1 aliphatic rings. The van der Waals surface area contributed by atoms with E-state index in [4.69, 9.17) is 0 Å². The predicted octanol–water partition coefficient (Wildman–Crippen LogP) is 0.263. The SMILES string of the molecule is Cc1cc2nc3[nH]c(=O)n(CCN4CCC(NS(C)(=O)=O)CC4)c(=O)c3nc2cc1C. The fourth-order valence-electron chi connectivity index (χ4n) is 3.96. The zero-order valence-electron chi connectivity index (χ0n) is 17.8. The Morgan fingerprint density at radius 1 is 1.06 bits per heavy atom. The van der Waals surface area contributed by atoms with E-state index in [-0.39, 0.29) is 23.8 Å². The molecule has 31 heavy (non-hydrogen) atoms. The number of hydrogen-bond donors (Lipinski definition) is 2. The predicted molar refractivity (Wildman–Crippen MR) is 119 cm³/mol. The largest absolute Gasteiger partial charge is 0.330 e. The summed E-state index contributed by atoms with van der Waals surface area (Å²) in [7, 11) is -3.22. The summed E-state index contributed by atoms with van der Waals surface area (Å²) in [6, 6.07) is 3.71. The van der Waals surface area contributed by atoms with E-state index in [1.165, 1.54) is 0 Å². The number of rotatable bonds is 5. The van der Waals surface area contributed by atoms with Crippen LogP contribution in [0.2, 0.25) is 0 Å². The average molecular weight is 447 g/mol. The molecule has 2 aromatic heterocycles. The molecule has 0 amide bonds. The van der Waals surface area contributed by atoms with Gasteiger partial charge in [-0.3, -0.25) is 14.3 Å². The van der Waals surface area contributed by atoms with Crippen molar-refractivity contribution in [1.29, 1.82) is 0 Å². The lowest BCUT2D eigenvalue weighted by molar-refractivity contribution is 0.199. The molecule has 0 bridgehead atoms. The first kappa shape index (κ1) is 21.6. The van der Waals surface area contributed by atoms with Gasteiger partial charge in [-0.05, 0) is 63.0 Å². The molecule has 0 atom stereocenters. The number of aryl methyl sites for hydroxylation is 2. The molecule has 3 heterocycles. The van der Waals surface area contributed by atoms with Gasteiger partial charge in [0.15, 0.2) is 11.2 Å². The summed E-state index contributed by atoms with van der Waals surface area (Å²) in [6.45, 7) is 6.06. The van der Waals surface area contributed by atoms with Crippen LogP contribution in [0.25, 0.3) is 22.2 Å². The monoisotopic (exact) mass is 446 g/mol. The topological polar surface area (TPSA) is 130 Å². The molecule has 11 heteroatoms. The van der Waals surface area contributed by atoms with E-state index < -0.39 is 21.3 Å². The first-order valence-electron chi connectivity index (χ1n) is 10.2. The minimum Gasteiger partial charge on any atom is -0.301 e. The normalized spacial score (nSPS) is 16.4. The minimum atomic E-state index is -3.22. The molecular formula is C20H26N6O4S. The molecule has 0 radical (unpaired) electrons. The van der Waals surface area contributed by atoms with Crippen molar-refractivity contribution in [2.45, 2.75) is 39.3 Å². The number of fused-ring (bicyclic) bond motifs is 2. The lowest BCUT2D eigenvalue weighted by atomic mass is 10.1. The third kappa shape index (κ3) is 4.68. The van der Waals surface area contributed by atoms with Crippen molar-refractivity contribution < 1.29 is 8.42 Å². The third-order valence-corrected chi connectivity index (χ3v) is 6.57. The van der Waals surface area contributed by atoms with Crippen LogP contribution in [-0.4, -0.2) is 64.8 Å². The van der Waals surface area contributed by atoms with E-state index in [9.17, 15) is 18.0 Å². The lowest BCUT2D eigenvalue weighted by Crippen LogP contribution is -2.46. The maximum absolute atomic E-state index is 13.0. The van der Waals surface area contributed by atoms with Gasteiger partial charge < -0.3 is 4.90 Å². The molecule has 0 spiro atoms. The number of aromatic amines is 1. The van der Waals surface area contributed by atoms with Gasteiger partial charge in [0.05, 0.1) is 17.3 Å². The van der Waals surface area contributed by atoms with Crippen molar-refractivity contribution in [2.75, 3.05) is 25.9 Å². The molecule has 1 fully saturated rings. The highest BCUT2D eigenvalue weighted by molar-refractivity contribution is 7.88. The average Bonchev–Trinajstić information content (AvgIpc) is 2.68. The maximum atomic E-state index is 13.0. The highest BCUT2D eigenvalue weighted by Crippen LogP contribution is 2.17. The van der Waals surface area contributed by atoms with Gasteiger partial charge in [-0.2, -0.15) is 0 Å². The lowest BCUT2D eigenvalue weighted by Gasteiger charge is -2.31. The van der Waals surface area contributed by atoms with Crippen LogP contribution in [0.5, 0.6) is 0 Å². The van der Waals surface area contributed by atoms with Crippen molar-refractivity contribution in [3.8, 4) is 0 Å². The summed E-state index contributed by atoms with van der Waals surface area (Å²) >= 11 is 0. The number of H-pyrrole nitrogens is 1. The van der Waals surface area contributed by atoms with Gasteiger partial charge in [0.1, 0.15) is 0 Å². The Bertz CT molecular complexity index is 1370. The Balaban J connectivity index is 1.54. The first-order valence-corrected chi connectivity index (χ1v) is 12.1. The van der Waals surface area contributed by atoms with Crippen LogP contribution in [0, 0.1) is 13.8 Å². The smallest absolute Gasteiger partial charge is 0.301 e. The molecule has 166 valence electrons. The van der Waals surface area contributed by atoms with Crippen molar-refractivity contribution in [1.82, 2.24) is 29.1 Å². The summed E-state index contributed by atoms with van der Waals surface area (Å²) in [4.78, 5) is 39.2. The van der Waals surface area contributed by atoms with Crippen LogP contribution in [-0.2, 0) is 16.6 Å². The molecule has 3 aromatic rings. The van der Waals surface area contributed by atoms with E-state index in [0.717, 1.165) is 21.9 Å². The van der Waals surface area contributed by atoms with Crippen LogP contribution < -0.4 is 16.0 Å². The highest BCUT2D eigenvalue weighted by Gasteiger charge is 2.22. The Kier molecular flexibility index (Phi) is 5.67. The number of nitrogens with one attached hydrogen (secondary N) is 2. The number of hydrogen-bond acceptors (Lipinski definition) is 7. The van der Waals surface area contributed by atoms with E-state index in [1.807, 2.05) is 26.0 Å². The number of piperidine rings is 1. The van der Waals surface area contributed by atoms with Gasteiger partial charge in [-0.25, -0.2) is 27.9 Å². The Hall–Kier alpha value is -2.63. The van der Waals surface area contributed by atoms with Crippen LogP contribution in [0.3, 0.4) is 0 Å². The van der Waals surface area contributed by atoms with Gasteiger partial charge in [0.25, 0.3) is 5.56 Å². The van der Waals surface area contributed by atoms with Crippen molar-refractivity contribution in [3.63, 3.8) is 0 Å². The van der Waals surface area contributed by atoms with Gasteiger partial charge >= 0.3 is 5.69 Å². The van der Waals surface area contributed by atoms with E-state index >= 15 is 0 Å². The second-order valence-corrected chi connectivity index (χ2v) is 10.0. The quantitative estimate of drug-likeness (QED) is 0.538. The maximum Gasteiger partial charge on any atom is 0.330 e. The fourth-order valence-corrected chi connectivity index (χ4v) is 4.80. The molecule has 0 saturated carbocycles. The van der Waals surface area contributed by atoms with Gasteiger partial charge in [-0.15, -0.1) is 0 Å². The summed E-state index contributed by atoms with van der Waals surface area (Å²) in [5.74, 6) is 0. The molecule has 1 saturated heterocycles. The van der Waals surface area contributed by atoms with E-state index in [2.05, 4.69) is 24.6 Å². The molecule has 1 aliphatic heterocycles. The van der Waals surface area contributed by atoms with E-state index in [1.54, 1.807) is 0 Å². The number of sulfonamides is 1. The van der Waals surface area contributed by atoms with Crippen LogP contribution in [0.15, 0.2) is 21.7 Å². The second-order valence-electron chi connectivity index (χ2n) is 8.24. The Labute approximate surface area is 179 Å². The molecule has 10 nitrogen and oxygen atoms in total. The van der Waals surface area contributed by atoms with E-state index in [0.29, 0.717) is 43.5 Å². The molecule has 1 aromatic carbocycles.